The zero-order valence-corrected chi connectivity index (χ0v) is 38.6. The predicted octanol–water partition coefficient (Wildman–Crippen LogP) is 8.05. The fraction of sp³-hybridized carbons (Fsp3) is 0.255. The predicted molar refractivity (Wildman–Crippen MR) is 249 cm³/mol. The molecule has 0 spiro atoms. The lowest BCUT2D eigenvalue weighted by Crippen LogP contribution is -2.28. The molecule has 0 atom stereocenters. The molecule has 340 valence electrons. The van der Waals surface area contributed by atoms with Crippen molar-refractivity contribution < 1.29 is 58.2 Å². The first-order valence-corrected chi connectivity index (χ1v) is 24.9. The number of aromatic carboxylic acids is 1. The molecular weight excluding hydrogens is 895 g/mol. The van der Waals surface area contributed by atoms with E-state index in [1.807, 2.05) is 74.6 Å². The Bertz CT molecular complexity index is 3300. The van der Waals surface area contributed by atoms with Gasteiger partial charge in [-0.3, -0.25) is 18.5 Å². The van der Waals surface area contributed by atoms with Crippen LogP contribution in [-0.4, -0.2) is 85.5 Å². The lowest BCUT2D eigenvalue weighted by atomic mass is 9.79. The van der Waals surface area contributed by atoms with Crippen molar-refractivity contribution in [2.45, 2.75) is 67.6 Å². The summed E-state index contributed by atoms with van der Waals surface area (Å²) in [6.07, 6.45) is 7.75. The van der Waals surface area contributed by atoms with Crippen LogP contribution in [0.3, 0.4) is 0 Å². The van der Waals surface area contributed by atoms with Gasteiger partial charge >= 0.3 is 5.97 Å². The van der Waals surface area contributed by atoms with Gasteiger partial charge in [-0.05, 0) is 115 Å². The minimum atomic E-state index is -4.59. The van der Waals surface area contributed by atoms with Gasteiger partial charge in [0.05, 0.1) is 21.6 Å². The summed E-state index contributed by atoms with van der Waals surface area (Å²) in [5.41, 5.74) is 4.05. The van der Waals surface area contributed by atoms with Crippen LogP contribution in [0.2, 0.25) is 0 Å². The molecule has 5 N–H and O–H groups in total. The Morgan fingerprint density at radius 2 is 1.48 bits per heavy atom. The highest BCUT2D eigenvalue weighted by Gasteiger charge is 2.45. The molecule has 2 aliphatic heterocycles. The molecule has 0 radical (unpaired) electrons. The number of allylic oxidation sites excluding steroid dienone is 6. The van der Waals surface area contributed by atoms with E-state index in [0.29, 0.717) is 38.4 Å². The number of fused-ring (bicyclic) bond motifs is 6. The second-order valence-electron chi connectivity index (χ2n) is 17.1. The molecule has 2 heterocycles. The molecule has 5 aromatic carbocycles. The number of nitrogens with zero attached hydrogens (tertiary/aromatic N) is 2. The van der Waals surface area contributed by atoms with Gasteiger partial charge in [-0.1, -0.05) is 50.3 Å². The molecule has 65 heavy (non-hydrogen) atoms. The van der Waals surface area contributed by atoms with Crippen LogP contribution in [0.4, 0.5) is 17.1 Å². The average Bonchev–Trinajstić information content (AvgIpc) is 3.56. The Morgan fingerprint density at radius 3 is 2.12 bits per heavy atom. The molecule has 7 rings (SSSR count). The Hall–Kier alpha value is -6.02. The minimum Gasteiger partial charge on any atom is -0.478 e. The van der Waals surface area contributed by atoms with Gasteiger partial charge in [-0.25, -0.2) is 4.79 Å². The third-order valence-corrected chi connectivity index (χ3v) is 14.7. The number of hydrogen-bond acceptors (Lipinski definition) is 9. The van der Waals surface area contributed by atoms with Crippen LogP contribution in [0.25, 0.3) is 21.5 Å². The van der Waals surface area contributed by atoms with Crippen LogP contribution >= 0.6 is 0 Å². The number of rotatable bonds is 14. The number of carbonyl (C=O) groups excluding carboxylic acids is 1. The van der Waals surface area contributed by atoms with E-state index in [1.54, 1.807) is 36.4 Å². The fourth-order valence-electron chi connectivity index (χ4n) is 9.11. The Labute approximate surface area is 377 Å². The molecule has 5 aromatic rings. The minimum absolute atomic E-state index is 0.000392. The van der Waals surface area contributed by atoms with Crippen molar-refractivity contribution >= 4 is 86.5 Å². The van der Waals surface area contributed by atoms with Gasteiger partial charge in [-0.2, -0.15) is 29.8 Å². The monoisotopic (exact) mass is 942 g/mol. The van der Waals surface area contributed by atoms with Crippen LogP contribution in [0.5, 0.6) is 0 Å². The topological polar surface area (TPSA) is 236 Å². The second kappa shape index (κ2) is 17.1. The smallest absolute Gasteiger partial charge is 0.335 e. The molecular formula is C47H48N3O12S3+. The SMILES string of the molecule is C[N+]1=C(C=CC(=CC=C2N(CCCS(=O)(=O)O)c3ccc4cc(S(=O)(=O)O)ccc4c3C2(C)C)CCC(=O)Nc2ccc(C(=O)O)cc2)C(C)(C)c2c1ccc1cccc(S(=O)(=O)O)c21. The number of amides is 1. The van der Waals surface area contributed by atoms with Crippen molar-refractivity contribution in [2.75, 3.05) is 29.6 Å². The average molecular weight is 943 g/mol. The van der Waals surface area contributed by atoms with Crippen LogP contribution < -0.4 is 10.2 Å². The normalized spacial score (nSPS) is 16.8. The molecule has 0 saturated heterocycles. The molecule has 0 unspecified atom stereocenters. The Morgan fingerprint density at radius 1 is 0.785 bits per heavy atom. The number of carboxylic acids is 1. The number of nitrogens with one attached hydrogen (secondary N) is 1. The van der Waals surface area contributed by atoms with Crippen molar-refractivity contribution in [3.05, 3.63) is 137 Å². The maximum atomic E-state index is 13.4. The van der Waals surface area contributed by atoms with Gasteiger partial charge in [0.25, 0.3) is 30.4 Å². The summed E-state index contributed by atoms with van der Waals surface area (Å²) in [6.45, 7) is 8.02. The quantitative estimate of drug-likeness (QED) is 0.0403. The summed E-state index contributed by atoms with van der Waals surface area (Å²) in [4.78, 5) is 26.2. The summed E-state index contributed by atoms with van der Waals surface area (Å²) in [5, 5.41) is 14.4. The lowest BCUT2D eigenvalue weighted by Gasteiger charge is -2.27. The molecule has 15 nitrogen and oxygen atoms in total. The highest BCUT2D eigenvalue weighted by Crippen LogP contribution is 2.51. The number of carbonyl (C=O) groups is 2. The van der Waals surface area contributed by atoms with E-state index < -0.39 is 52.9 Å². The van der Waals surface area contributed by atoms with Gasteiger partial charge in [0.15, 0.2) is 5.71 Å². The first-order chi connectivity index (χ1) is 30.3. The van der Waals surface area contributed by atoms with Crippen LogP contribution in [0, 0.1) is 0 Å². The van der Waals surface area contributed by atoms with Gasteiger partial charge in [0.1, 0.15) is 11.9 Å². The van der Waals surface area contributed by atoms with Crippen molar-refractivity contribution in [3.63, 3.8) is 0 Å². The summed E-state index contributed by atoms with van der Waals surface area (Å²) < 4.78 is 105. The highest BCUT2D eigenvalue weighted by molar-refractivity contribution is 7.86. The first kappa shape index (κ1) is 47.0. The highest BCUT2D eigenvalue weighted by atomic mass is 32.2. The third kappa shape index (κ3) is 9.41. The van der Waals surface area contributed by atoms with E-state index in [-0.39, 0.29) is 47.1 Å². The van der Waals surface area contributed by atoms with Crippen LogP contribution in [-0.2, 0) is 46.0 Å². The molecule has 0 saturated carbocycles. The molecule has 0 bridgehead atoms. The van der Waals surface area contributed by atoms with E-state index in [0.717, 1.165) is 28.3 Å². The number of anilines is 2. The third-order valence-electron chi connectivity index (χ3n) is 12.1. The van der Waals surface area contributed by atoms with Crippen molar-refractivity contribution in [2.24, 2.45) is 0 Å². The van der Waals surface area contributed by atoms with Crippen molar-refractivity contribution in [1.82, 2.24) is 0 Å². The van der Waals surface area contributed by atoms with Crippen LogP contribution in [0.15, 0.2) is 130 Å². The molecule has 0 fully saturated rings. The number of carboxylic acid groups (broad SMARTS) is 1. The lowest BCUT2D eigenvalue weighted by molar-refractivity contribution is -0.401. The summed E-state index contributed by atoms with van der Waals surface area (Å²) >= 11 is 0. The van der Waals surface area contributed by atoms with E-state index in [1.165, 1.54) is 42.5 Å². The van der Waals surface area contributed by atoms with E-state index in [9.17, 15) is 53.6 Å². The number of hydrogen-bond donors (Lipinski definition) is 5. The Kier molecular flexibility index (Phi) is 12.3. The van der Waals surface area contributed by atoms with E-state index in [4.69, 9.17) is 0 Å². The maximum Gasteiger partial charge on any atom is 0.335 e. The van der Waals surface area contributed by atoms with E-state index >= 15 is 0 Å². The van der Waals surface area contributed by atoms with Gasteiger partial charge in [0.2, 0.25) is 11.6 Å². The maximum absolute atomic E-state index is 13.4. The largest absolute Gasteiger partial charge is 0.478 e. The molecule has 2 aliphatic rings. The van der Waals surface area contributed by atoms with Gasteiger partial charge in [0, 0.05) is 58.5 Å². The van der Waals surface area contributed by atoms with Crippen LogP contribution in [0.1, 0.15) is 68.4 Å². The fourth-order valence-corrected chi connectivity index (χ4v) is 10.8. The zero-order chi connectivity index (χ0) is 47.4. The van der Waals surface area contributed by atoms with Crippen molar-refractivity contribution in [1.29, 1.82) is 0 Å². The molecule has 1 amide bonds. The summed E-state index contributed by atoms with van der Waals surface area (Å²) in [5.74, 6) is -1.95. The van der Waals surface area contributed by atoms with Gasteiger partial charge in [-0.15, -0.1) is 0 Å². The molecule has 0 aliphatic carbocycles. The van der Waals surface area contributed by atoms with E-state index in [2.05, 4.69) is 5.32 Å². The molecule has 0 aromatic heterocycles. The standard InChI is InChI=1S/C47H47N3O12S3/c1-46(2)39(49(5)36-21-15-30-8-6-9-38(65(60,61)62)42(30)44(36)46)23-10-29(12-25-41(51)48-33-17-13-31(14-18-33)45(52)53)11-24-40-47(3,4)43-35-20-19-34(64(57,58)59)28-32(35)16-22-37(43)50(40)26-7-27-63(54,55)56/h6,8-11,13-24,28H,7,12,25-27H2,1-5H3,(H4-,48,51,52,53,54,55,56,57,58,59,60,61,62)/p+1. The zero-order valence-electron chi connectivity index (χ0n) is 36.1. The Balaban J connectivity index is 1.32. The first-order valence-electron chi connectivity index (χ1n) is 20.4. The second-order valence-corrected chi connectivity index (χ2v) is 21.5. The van der Waals surface area contributed by atoms with Crippen molar-refractivity contribution in [3.8, 4) is 0 Å². The molecule has 18 heteroatoms. The summed E-state index contributed by atoms with van der Waals surface area (Å²) in [7, 11) is -11.5. The summed E-state index contributed by atoms with van der Waals surface area (Å²) in [6, 6.07) is 22.0. The van der Waals surface area contributed by atoms with Gasteiger partial charge < -0.3 is 15.3 Å². The number of benzene rings is 5.